The normalized spacial score (nSPS) is 13.6. The highest BCUT2D eigenvalue weighted by Crippen LogP contribution is 2.18. The molecule has 1 amide bonds. The second kappa shape index (κ2) is 12.9. The maximum absolute atomic E-state index is 12.4. The summed E-state index contributed by atoms with van der Waals surface area (Å²) < 4.78 is 5.31. The van der Waals surface area contributed by atoms with E-state index in [-0.39, 0.29) is 36.4 Å². The maximum atomic E-state index is 12.4. The van der Waals surface area contributed by atoms with Crippen molar-refractivity contribution in [2.75, 3.05) is 39.9 Å². The van der Waals surface area contributed by atoms with Crippen molar-refractivity contribution in [1.29, 1.82) is 0 Å². The van der Waals surface area contributed by atoms with Gasteiger partial charge in [0, 0.05) is 39.9 Å². The van der Waals surface area contributed by atoms with Gasteiger partial charge in [0.25, 0.3) is 0 Å². The Balaban J connectivity index is 0.00000338. The van der Waals surface area contributed by atoms with Gasteiger partial charge in [0.1, 0.15) is 0 Å². The highest BCUT2D eigenvalue weighted by atomic mass is 127. The number of carbonyl (C=O) groups is 1. The van der Waals surface area contributed by atoms with Gasteiger partial charge in [-0.25, -0.2) is 0 Å². The molecule has 6 nitrogen and oxygen atoms in total. The van der Waals surface area contributed by atoms with Gasteiger partial charge in [-0.2, -0.15) is 0 Å². The zero-order chi connectivity index (χ0) is 17.9. The van der Waals surface area contributed by atoms with Crippen molar-refractivity contribution in [2.45, 2.75) is 32.7 Å². The van der Waals surface area contributed by atoms with Crippen LogP contribution in [0.5, 0.6) is 0 Å². The Morgan fingerprint density at radius 2 is 2.00 bits per heavy atom. The average Bonchev–Trinajstić information content (AvgIpc) is 2.66. The number of carbonyl (C=O) groups excluding carboxylic acids is 1. The topological polar surface area (TPSA) is 66.0 Å². The van der Waals surface area contributed by atoms with Gasteiger partial charge in [0.2, 0.25) is 5.91 Å². The van der Waals surface area contributed by atoms with E-state index in [0.29, 0.717) is 12.5 Å². The predicted octanol–water partition coefficient (Wildman–Crippen LogP) is 2.17. The summed E-state index contributed by atoms with van der Waals surface area (Å²) >= 11 is 0. The first kappa shape index (κ1) is 22.7. The molecule has 0 aromatic heterocycles. The fraction of sp³-hybridized carbons (Fsp3) is 0.579. The summed E-state index contributed by atoms with van der Waals surface area (Å²) in [6.07, 6.45) is 2.95. The Labute approximate surface area is 173 Å². The number of ether oxygens (including phenoxy) is 1. The molecule has 1 aliphatic rings. The molecule has 0 saturated heterocycles. The van der Waals surface area contributed by atoms with Crippen molar-refractivity contribution in [2.24, 2.45) is 4.99 Å². The molecule has 1 aliphatic heterocycles. The van der Waals surface area contributed by atoms with Crippen LogP contribution in [0.4, 0.5) is 0 Å². The van der Waals surface area contributed by atoms with Crippen LogP contribution in [0.15, 0.2) is 29.3 Å². The largest absolute Gasteiger partial charge is 0.382 e. The zero-order valence-electron chi connectivity index (χ0n) is 15.8. The minimum absolute atomic E-state index is 0. The van der Waals surface area contributed by atoms with Crippen molar-refractivity contribution >= 4 is 35.8 Å². The lowest BCUT2D eigenvalue weighted by molar-refractivity contribution is -0.130. The summed E-state index contributed by atoms with van der Waals surface area (Å²) in [7, 11) is 1.72. The van der Waals surface area contributed by atoms with E-state index in [2.05, 4.69) is 33.8 Å². The monoisotopic (exact) mass is 474 g/mol. The zero-order valence-corrected chi connectivity index (χ0v) is 18.1. The van der Waals surface area contributed by atoms with E-state index < -0.39 is 0 Å². The number of unbranched alkanes of at least 4 members (excludes halogenated alkanes) is 1. The van der Waals surface area contributed by atoms with Crippen molar-refractivity contribution in [3.05, 3.63) is 35.4 Å². The second-order valence-corrected chi connectivity index (χ2v) is 6.09. The van der Waals surface area contributed by atoms with Gasteiger partial charge in [-0.15, -0.1) is 24.0 Å². The van der Waals surface area contributed by atoms with Crippen LogP contribution >= 0.6 is 24.0 Å². The first-order chi connectivity index (χ1) is 12.2. The molecular weight excluding hydrogens is 443 g/mol. The minimum atomic E-state index is 0. The third kappa shape index (κ3) is 7.49. The molecular formula is C19H31IN4O2. The minimum Gasteiger partial charge on any atom is -0.382 e. The lowest BCUT2D eigenvalue weighted by atomic mass is 10.00. The summed E-state index contributed by atoms with van der Waals surface area (Å²) in [5.41, 5.74) is 2.60. The third-order valence-corrected chi connectivity index (χ3v) is 4.33. The number of benzene rings is 1. The van der Waals surface area contributed by atoms with Crippen LogP contribution in [0.2, 0.25) is 0 Å². The van der Waals surface area contributed by atoms with Gasteiger partial charge in [0.15, 0.2) is 5.96 Å². The number of rotatable bonds is 8. The molecule has 7 heteroatoms. The third-order valence-electron chi connectivity index (χ3n) is 4.33. The first-order valence-corrected chi connectivity index (χ1v) is 9.11. The van der Waals surface area contributed by atoms with Crippen LogP contribution in [-0.4, -0.2) is 56.7 Å². The van der Waals surface area contributed by atoms with E-state index in [1.54, 1.807) is 7.05 Å². The number of halogens is 1. The molecule has 0 saturated carbocycles. The molecule has 0 aliphatic carbocycles. The van der Waals surface area contributed by atoms with E-state index in [4.69, 9.17) is 4.74 Å². The predicted molar refractivity (Wildman–Crippen MR) is 116 cm³/mol. The Morgan fingerprint density at radius 3 is 2.73 bits per heavy atom. The van der Waals surface area contributed by atoms with Crippen molar-refractivity contribution in [3.63, 3.8) is 0 Å². The number of nitrogens with zero attached hydrogens (tertiary/aromatic N) is 2. The van der Waals surface area contributed by atoms with Gasteiger partial charge in [-0.05, 0) is 37.3 Å². The maximum Gasteiger partial charge on any atom is 0.242 e. The lowest BCUT2D eigenvalue weighted by Crippen LogP contribution is -2.46. The van der Waals surface area contributed by atoms with E-state index in [1.807, 2.05) is 17.9 Å². The number of hydrogen-bond acceptors (Lipinski definition) is 3. The first-order valence-electron chi connectivity index (χ1n) is 9.11. The number of hydrogen-bond donors (Lipinski definition) is 2. The summed E-state index contributed by atoms with van der Waals surface area (Å²) in [5, 5.41) is 6.34. The van der Waals surface area contributed by atoms with Gasteiger partial charge in [-0.1, -0.05) is 24.3 Å². The molecule has 1 heterocycles. The Morgan fingerprint density at radius 1 is 1.23 bits per heavy atom. The van der Waals surface area contributed by atoms with Crippen LogP contribution < -0.4 is 10.6 Å². The number of guanidine groups is 1. The Kier molecular flexibility index (Phi) is 11.3. The molecule has 0 atom stereocenters. The summed E-state index contributed by atoms with van der Waals surface area (Å²) in [6, 6.07) is 8.34. The number of nitrogens with one attached hydrogen (secondary N) is 2. The van der Waals surface area contributed by atoms with E-state index >= 15 is 0 Å². The average molecular weight is 474 g/mol. The van der Waals surface area contributed by atoms with Gasteiger partial charge in [-0.3, -0.25) is 9.79 Å². The van der Waals surface area contributed by atoms with Gasteiger partial charge in [0.05, 0.1) is 6.54 Å². The smallest absolute Gasteiger partial charge is 0.242 e. The van der Waals surface area contributed by atoms with Crippen molar-refractivity contribution in [1.82, 2.24) is 15.5 Å². The Bertz CT molecular complexity index is 580. The molecule has 0 radical (unpaired) electrons. The van der Waals surface area contributed by atoms with Crippen LogP contribution in [-0.2, 0) is 22.5 Å². The molecule has 0 spiro atoms. The van der Waals surface area contributed by atoms with E-state index in [9.17, 15) is 4.79 Å². The summed E-state index contributed by atoms with van der Waals surface area (Å²) in [5.74, 6) is 0.774. The van der Waals surface area contributed by atoms with Gasteiger partial charge < -0.3 is 20.3 Å². The standard InChI is InChI=1S/C19H30N4O2.HI/c1-3-25-13-7-6-11-21-19(20-2)22-14-18(24)23-12-10-16-8-4-5-9-17(16)15-23;/h4-5,8-9H,3,6-7,10-15H2,1-2H3,(H2,20,21,22);1H. The summed E-state index contributed by atoms with van der Waals surface area (Å²) in [6.45, 7) is 6.11. The number of aliphatic imine (C=N–C) groups is 1. The molecule has 1 aromatic carbocycles. The van der Waals surface area contributed by atoms with Crippen molar-refractivity contribution < 1.29 is 9.53 Å². The molecule has 2 rings (SSSR count). The van der Waals surface area contributed by atoms with Crippen LogP contribution in [0.1, 0.15) is 30.9 Å². The Hall–Kier alpha value is -1.35. The fourth-order valence-corrected chi connectivity index (χ4v) is 2.88. The molecule has 146 valence electrons. The molecule has 0 unspecified atom stereocenters. The highest BCUT2D eigenvalue weighted by Gasteiger charge is 2.20. The van der Waals surface area contributed by atoms with E-state index in [1.165, 1.54) is 11.1 Å². The lowest BCUT2D eigenvalue weighted by Gasteiger charge is -2.29. The molecule has 26 heavy (non-hydrogen) atoms. The number of amides is 1. The number of fused-ring (bicyclic) bond motifs is 1. The summed E-state index contributed by atoms with van der Waals surface area (Å²) in [4.78, 5) is 18.5. The van der Waals surface area contributed by atoms with Crippen LogP contribution in [0.3, 0.4) is 0 Å². The van der Waals surface area contributed by atoms with Gasteiger partial charge >= 0.3 is 0 Å². The van der Waals surface area contributed by atoms with Crippen LogP contribution in [0.25, 0.3) is 0 Å². The van der Waals surface area contributed by atoms with Crippen molar-refractivity contribution in [3.8, 4) is 0 Å². The quantitative estimate of drug-likeness (QED) is 0.263. The molecule has 1 aromatic rings. The molecule has 0 fully saturated rings. The highest BCUT2D eigenvalue weighted by molar-refractivity contribution is 14.0. The second-order valence-electron chi connectivity index (χ2n) is 6.09. The fourth-order valence-electron chi connectivity index (χ4n) is 2.88. The molecule has 0 bridgehead atoms. The SMILES string of the molecule is CCOCCCCNC(=NC)NCC(=O)N1CCc2ccccc2C1.I. The van der Waals surface area contributed by atoms with E-state index in [0.717, 1.165) is 45.6 Å². The van der Waals surface area contributed by atoms with Crippen LogP contribution in [0, 0.1) is 0 Å². The molecule has 2 N–H and O–H groups in total.